The second kappa shape index (κ2) is 29.4. The third-order valence-electron chi connectivity index (χ3n) is 0.882. The van der Waals surface area contributed by atoms with Gasteiger partial charge in [0.2, 0.25) is 0 Å². The van der Waals surface area contributed by atoms with E-state index in [0.717, 1.165) is 13.1 Å². The molecular formula is C9H23N3Ti. The van der Waals surface area contributed by atoms with Gasteiger partial charge >= 0.3 is 21.7 Å². The van der Waals surface area contributed by atoms with Gasteiger partial charge in [-0.2, -0.15) is 28.2 Å². The van der Waals surface area contributed by atoms with Gasteiger partial charge in [-0.1, -0.05) is 12.8 Å². The van der Waals surface area contributed by atoms with Crippen molar-refractivity contribution in [3.05, 3.63) is 23.4 Å². The van der Waals surface area contributed by atoms with Crippen molar-refractivity contribution >= 4 is 0 Å². The van der Waals surface area contributed by atoms with Crippen molar-refractivity contribution in [2.45, 2.75) is 12.8 Å². The minimum Gasteiger partial charge on any atom is -0.668 e. The van der Waals surface area contributed by atoms with Gasteiger partial charge in [0, 0.05) is 0 Å². The fourth-order valence-corrected chi connectivity index (χ4v) is 0.559. The first-order valence-corrected chi connectivity index (χ1v) is 3.92. The molecule has 0 unspecified atom stereocenters. The van der Waals surface area contributed by atoms with Gasteiger partial charge in [-0.3, -0.25) is 0 Å². The van der Waals surface area contributed by atoms with Crippen LogP contribution < -0.4 is 0 Å². The molecule has 0 bridgehead atoms. The molecule has 1 heterocycles. The predicted octanol–water partition coefficient (Wildman–Crippen LogP) is 2.84. The fraction of sp³-hybridized carbons (Fsp3) is 0.889. The molecule has 0 radical (unpaired) electrons. The molecule has 1 fully saturated rings. The number of hydrogen-bond acceptors (Lipinski definition) is 0. The van der Waals surface area contributed by atoms with Crippen LogP contribution in [0.4, 0.5) is 0 Å². The molecule has 0 amide bonds. The van der Waals surface area contributed by atoms with Crippen molar-refractivity contribution < 1.29 is 21.7 Å². The van der Waals surface area contributed by atoms with E-state index in [2.05, 4.69) is 16.0 Å². The number of hydrogen-bond donors (Lipinski definition) is 0. The molecule has 0 aromatic heterocycles. The van der Waals surface area contributed by atoms with Crippen LogP contribution in [0, 0.1) is 7.43 Å². The first-order valence-electron chi connectivity index (χ1n) is 3.92. The molecular weight excluding hydrogens is 198 g/mol. The average molecular weight is 221 g/mol. The molecule has 0 aromatic rings. The van der Waals surface area contributed by atoms with Crippen LogP contribution in [0.1, 0.15) is 12.8 Å². The average Bonchev–Trinajstić information content (AvgIpc) is 2.44. The first kappa shape index (κ1) is 23.4. The molecule has 13 heavy (non-hydrogen) atoms. The van der Waals surface area contributed by atoms with Gasteiger partial charge in [-0.15, -0.1) is 13.1 Å². The molecule has 0 spiro atoms. The van der Waals surface area contributed by atoms with Crippen molar-refractivity contribution in [1.29, 1.82) is 0 Å². The minimum atomic E-state index is 0. The second-order valence-corrected chi connectivity index (χ2v) is 2.27. The van der Waals surface area contributed by atoms with Crippen LogP contribution in [0.3, 0.4) is 0 Å². The van der Waals surface area contributed by atoms with E-state index in [1.165, 1.54) is 12.8 Å². The van der Waals surface area contributed by atoms with Crippen molar-refractivity contribution in [3.63, 3.8) is 0 Å². The summed E-state index contributed by atoms with van der Waals surface area (Å²) in [7, 11) is 7.00. The first-order chi connectivity index (χ1) is 5.33. The largest absolute Gasteiger partial charge is 4.00 e. The third-order valence-corrected chi connectivity index (χ3v) is 0.882. The predicted molar refractivity (Wildman–Crippen MR) is 59.2 cm³/mol. The zero-order valence-corrected chi connectivity index (χ0v) is 11.2. The van der Waals surface area contributed by atoms with Crippen LogP contribution in [0.25, 0.3) is 16.0 Å². The quantitative estimate of drug-likeness (QED) is 0.446. The summed E-state index contributed by atoms with van der Waals surface area (Å²) in [4.78, 5) is 0. The van der Waals surface area contributed by atoms with E-state index in [9.17, 15) is 0 Å². The molecule has 0 aliphatic carbocycles. The molecule has 4 heteroatoms. The van der Waals surface area contributed by atoms with Gasteiger partial charge in [0.25, 0.3) is 0 Å². The molecule has 0 N–H and O–H groups in total. The Hall–Kier alpha value is 0.594. The van der Waals surface area contributed by atoms with Gasteiger partial charge in [-0.05, 0) is 0 Å². The van der Waals surface area contributed by atoms with E-state index >= 15 is 0 Å². The Labute approximate surface area is 99.3 Å². The Morgan fingerprint density at radius 2 is 1.08 bits per heavy atom. The molecule has 78 valence electrons. The zero-order valence-electron chi connectivity index (χ0n) is 9.67. The normalized spacial score (nSPS) is 12.0. The van der Waals surface area contributed by atoms with E-state index < -0.39 is 0 Å². The number of nitrogens with zero attached hydrogens (tertiary/aromatic N) is 3. The standard InChI is InChI=1S/C4H8N.2C2H6N.CH3.Ti/c1-2-4-5-3-1;2*1-3-2;;/h1-4H2;2*1-2H3;1H3;/q4*-1;+4. The Kier molecular flexibility index (Phi) is 52.9. The Bertz CT molecular complexity index is 40.5. The summed E-state index contributed by atoms with van der Waals surface area (Å²) < 4.78 is 0. The Balaban J connectivity index is -0.0000000461. The molecule has 1 aliphatic rings. The smallest absolute Gasteiger partial charge is 0.668 e. The summed E-state index contributed by atoms with van der Waals surface area (Å²) in [5, 5.41) is 11.1. The van der Waals surface area contributed by atoms with Gasteiger partial charge in [0.1, 0.15) is 0 Å². The summed E-state index contributed by atoms with van der Waals surface area (Å²) in [6, 6.07) is 0. The molecule has 1 aliphatic heterocycles. The summed E-state index contributed by atoms with van der Waals surface area (Å²) >= 11 is 0. The zero-order chi connectivity index (χ0) is 8.95. The van der Waals surface area contributed by atoms with Crippen LogP contribution in [-0.2, 0) is 21.7 Å². The maximum atomic E-state index is 4.08. The van der Waals surface area contributed by atoms with Crippen LogP contribution in [0.2, 0.25) is 0 Å². The topological polar surface area (TPSA) is 42.3 Å². The Morgan fingerprint density at radius 1 is 0.846 bits per heavy atom. The molecule has 0 atom stereocenters. The molecule has 0 saturated carbocycles. The summed E-state index contributed by atoms with van der Waals surface area (Å²) in [5.41, 5.74) is 0. The van der Waals surface area contributed by atoms with E-state index in [1.807, 2.05) is 0 Å². The third kappa shape index (κ3) is 45.2. The van der Waals surface area contributed by atoms with Crippen LogP contribution in [-0.4, -0.2) is 41.3 Å². The maximum Gasteiger partial charge on any atom is 4.00 e. The number of rotatable bonds is 0. The molecule has 1 rings (SSSR count). The summed E-state index contributed by atoms with van der Waals surface area (Å²) in [5.74, 6) is 0. The van der Waals surface area contributed by atoms with Crippen molar-refractivity contribution in [2.24, 2.45) is 0 Å². The van der Waals surface area contributed by atoms with Crippen molar-refractivity contribution in [1.82, 2.24) is 0 Å². The van der Waals surface area contributed by atoms with Crippen LogP contribution in [0.15, 0.2) is 0 Å². The second-order valence-electron chi connectivity index (χ2n) is 2.27. The van der Waals surface area contributed by atoms with Gasteiger partial charge < -0.3 is 23.4 Å². The van der Waals surface area contributed by atoms with Crippen molar-refractivity contribution in [2.75, 3.05) is 41.3 Å². The van der Waals surface area contributed by atoms with Gasteiger partial charge in [-0.25, -0.2) is 0 Å². The molecule has 3 nitrogen and oxygen atoms in total. The molecule has 0 aromatic carbocycles. The molecule has 1 saturated heterocycles. The minimum absolute atomic E-state index is 0. The monoisotopic (exact) mass is 221 g/mol. The van der Waals surface area contributed by atoms with Gasteiger partial charge in [0.05, 0.1) is 0 Å². The summed E-state index contributed by atoms with van der Waals surface area (Å²) in [6.45, 7) is 2.25. The van der Waals surface area contributed by atoms with Crippen LogP contribution in [0.5, 0.6) is 0 Å². The van der Waals surface area contributed by atoms with E-state index in [1.54, 1.807) is 28.2 Å². The van der Waals surface area contributed by atoms with Crippen molar-refractivity contribution in [3.8, 4) is 0 Å². The summed E-state index contributed by atoms with van der Waals surface area (Å²) in [6.07, 6.45) is 2.67. The van der Waals surface area contributed by atoms with E-state index in [4.69, 9.17) is 0 Å². The SMILES string of the molecule is C1CC[N-]C1.C[N-]C.C[N-]C.[CH3-].[Ti+4]. The van der Waals surface area contributed by atoms with Gasteiger partial charge in [0.15, 0.2) is 0 Å². The van der Waals surface area contributed by atoms with E-state index in [-0.39, 0.29) is 29.1 Å². The van der Waals surface area contributed by atoms with Crippen LogP contribution >= 0.6 is 0 Å². The van der Waals surface area contributed by atoms with E-state index in [0.29, 0.717) is 0 Å². The Morgan fingerprint density at radius 3 is 1.15 bits per heavy atom. The fourth-order valence-electron chi connectivity index (χ4n) is 0.559. The maximum absolute atomic E-state index is 4.08.